The molecule has 1 aliphatic rings. The molecule has 0 aromatic heterocycles. The summed E-state index contributed by atoms with van der Waals surface area (Å²) in [5, 5.41) is 4.51. The largest absolute Gasteiger partial charge is 1.00 e. The van der Waals surface area contributed by atoms with Gasteiger partial charge in [-0.1, -0.05) is 43.2 Å². The number of rotatable bonds is 0. The van der Waals surface area contributed by atoms with Crippen LogP contribution >= 0.6 is 0 Å². The van der Waals surface area contributed by atoms with Crippen molar-refractivity contribution in [1.82, 2.24) is 0 Å². The van der Waals surface area contributed by atoms with Gasteiger partial charge in [0, 0.05) is 0 Å². The first-order valence-corrected chi connectivity index (χ1v) is 4.54. The van der Waals surface area contributed by atoms with Crippen LogP contribution in [-0.4, -0.2) is 0 Å². The van der Waals surface area contributed by atoms with Crippen molar-refractivity contribution in [2.24, 2.45) is 0 Å². The molecule has 2 rings (SSSR count). The Morgan fingerprint density at radius 2 is 1.93 bits per heavy atom. The molecule has 1 aromatic rings. The number of para-hydroxylation sites is 1. The number of fused-ring (bicyclic) bond motifs is 1. The molecule has 1 aliphatic heterocycles. The summed E-state index contributed by atoms with van der Waals surface area (Å²) in [6, 6.07) is 6.32. The third-order valence-corrected chi connectivity index (χ3v) is 2.88. The smallest absolute Gasteiger partial charge is 0.661 e. The van der Waals surface area contributed by atoms with Crippen LogP contribution in [0.25, 0.3) is 5.32 Å². The van der Waals surface area contributed by atoms with E-state index in [2.05, 4.69) is 50.9 Å². The molecular formula is C12H14NRb. The molecule has 0 amide bonds. The molecule has 0 N–H and O–H groups in total. The number of hydrogen-bond donors (Lipinski definition) is 0. The second kappa shape index (κ2) is 4.21. The zero-order valence-electron chi connectivity index (χ0n) is 9.39. The minimum Gasteiger partial charge on any atom is -0.661 e. The van der Waals surface area contributed by atoms with Gasteiger partial charge in [-0.05, 0) is 12.3 Å². The maximum Gasteiger partial charge on any atom is 1.00 e. The van der Waals surface area contributed by atoms with Crippen molar-refractivity contribution in [2.75, 3.05) is 0 Å². The fraction of sp³-hybridized carbons (Fsp3) is 0.333. The Balaban J connectivity index is 0.000000980. The maximum atomic E-state index is 4.51. The van der Waals surface area contributed by atoms with Gasteiger partial charge in [-0.15, -0.1) is 12.3 Å². The van der Waals surface area contributed by atoms with Gasteiger partial charge in [0.1, 0.15) is 0 Å². The monoisotopic (exact) mass is 257 g/mol. The minimum atomic E-state index is 0. The molecule has 1 nitrogen and oxygen atoms in total. The average Bonchev–Trinajstić information content (AvgIpc) is 2.28. The van der Waals surface area contributed by atoms with Crippen molar-refractivity contribution in [3.63, 3.8) is 0 Å². The van der Waals surface area contributed by atoms with Gasteiger partial charge >= 0.3 is 58.2 Å². The van der Waals surface area contributed by atoms with Crippen molar-refractivity contribution in [3.05, 3.63) is 46.9 Å². The average molecular weight is 258 g/mol. The second-order valence-electron chi connectivity index (χ2n) is 4.15. The Labute approximate surface area is 135 Å². The quantitative estimate of drug-likeness (QED) is 0.653. The van der Waals surface area contributed by atoms with E-state index in [4.69, 9.17) is 0 Å². The van der Waals surface area contributed by atoms with E-state index in [1.54, 1.807) is 0 Å². The zero-order chi connectivity index (χ0) is 9.64. The van der Waals surface area contributed by atoms with Crippen molar-refractivity contribution >= 4 is 5.69 Å². The van der Waals surface area contributed by atoms with Gasteiger partial charge in [0.15, 0.2) is 0 Å². The number of aryl methyl sites for hydroxylation is 1. The molecule has 0 bridgehead atoms. The van der Waals surface area contributed by atoms with E-state index in [0.29, 0.717) is 0 Å². The first-order chi connectivity index (χ1) is 6.03. The van der Waals surface area contributed by atoms with Crippen LogP contribution in [0.15, 0.2) is 30.5 Å². The Hall–Kier alpha value is 0.565. The topological polar surface area (TPSA) is 14.1 Å². The summed E-state index contributed by atoms with van der Waals surface area (Å²) in [6.45, 7) is 10.4. The maximum absolute atomic E-state index is 4.51. The number of benzene rings is 1. The van der Waals surface area contributed by atoms with Crippen LogP contribution in [0.5, 0.6) is 0 Å². The minimum absolute atomic E-state index is 0. The molecular weight excluding hydrogens is 244 g/mol. The Morgan fingerprint density at radius 1 is 1.29 bits per heavy atom. The Kier molecular flexibility index (Phi) is 3.80. The van der Waals surface area contributed by atoms with Crippen LogP contribution in [0.3, 0.4) is 0 Å². The standard InChI is InChI=1S/C12H14N.Rb/c1-8-6-5-7-10-11(8)13-9(2)12(10,3)4;/h5-7H,2H2,1,3-4H3;/q-1;+1. The van der Waals surface area contributed by atoms with Gasteiger partial charge in [-0.25, -0.2) is 0 Å². The van der Waals surface area contributed by atoms with E-state index in [1.807, 2.05) is 0 Å². The zero-order valence-corrected chi connectivity index (χ0v) is 14.3. The van der Waals surface area contributed by atoms with Gasteiger partial charge in [-0.2, -0.15) is 5.70 Å². The number of hydrogen-bond acceptors (Lipinski definition) is 0. The van der Waals surface area contributed by atoms with E-state index < -0.39 is 0 Å². The molecule has 0 atom stereocenters. The second-order valence-corrected chi connectivity index (χ2v) is 4.15. The van der Waals surface area contributed by atoms with Crippen LogP contribution in [0, 0.1) is 6.92 Å². The van der Waals surface area contributed by atoms with Gasteiger partial charge in [-0.3, -0.25) is 0 Å². The molecule has 14 heavy (non-hydrogen) atoms. The first-order valence-electron chi connectivity index (χ1n) is 4.54. The van der Waals surface area contributed by atoms with Crippen LogP contribution in [0.4, 0.5) is 5.69 Å². The number of nitrogens with zero attached hydrogens (tertiary/aromatic N) is 1. The van der Waals surface area contributed by atoms with Gasteiger partial charge in [0.2, 0.25) is 0 Å². The predicted octanol–water partition coefficient (Wildman–Crippen LogP) is 0.809. The first kappa shape index (κ1) is 12.6. The van der Waals surface area contributed by atoms with Crippen LogP contribution in [-0.2, 0) is 5.41 Å². The van der Waals surface area contributed by atoms with Crippen molar-refractivity contribution in [2.45, 2.75) is 26.2 Å². The van der Waals surface area contributed by atoms with Crippen molar-refractivity contribution in [3.8, 4) is 0 Å². The summed E-state index contributed by atoms with van der Waals surface area (Å²) in [6.07, 6.45) is 0. The van der Waals surface area contributed by atoms with Crippen LogP contribution in [0.1, 0.15) is 25.0 Å². The fourth-order valence-electron chi connectivity index (χ4n) is 1.74. The normalized spacial score (nSPS) is 16.9. The Bertz CT molecular complexity index is 380. The van der Waals surface area contributed by atoms with E-state index in [-0.39, 0.29) is 63.6 Å². The third-order valence-electron chi connectivity index (χ3n) is 2.88. The SMILES string of the molecule is C=C1[N-]c2c(C)cccc2C1(C)C.[Rb+]. The van der Waals surface area contributed by atoms with Gasteiger partial charge < -0.3 is 5.32 Å². The molecule has 0 aliphatic carbocycles. The van der Waals surface area contributed by atoms with E-state index in [0.717, 1.165) is 11.4 Å². The van der Waals surface area contributed by atoms with E-state index >= 15 is 0 Å². The summed E-state index contributed by atoms with van der Waals surface area (Å²) in [5.41, 5.74) is 4.65. The summed E-state index contributed by atoms with van der Waals surface area (Å²) < 4.78 is 0. The molecule has 0 saturated heterocycles. The molecule has 2 heteroatoms. The summed E-state index contributed by atoms with van der Waals surface area (Å²) in [5.74, 6) is 0. The summed E-state index contributed by atoms with van der Waals surface area (Å²) >= 11 is 0. The Morgan fingerprint density at radius 3 is 2.50 bits per heavy atom. The molecule has 0 fully saturated rings. The molecule has 0 saturated carbocycles. The molecule has 68 valence electrons. The van der Waals surface area contributed by atoms with Gasteiger partial charge in [0.05, 0.1) is 0 Å². The van der Waals surface area contributed by atoms with E-state index in [9.17, 15) is 0 Å². The van der Waals surface area contributed by atoms with E-state index in [1.165, 1.54) is 11.1 Å². The molecule has 0 spiro atoms. The third kappa shape index (κ3) is 1.80. The van der Waals surface area contributed by atoms with Crippen LogP contribution < -0.4 is 58.2 Å². The van der Waals surface area contributed by atoms with Crippen molar-refractivity contribution in [1.29, 1.82) is 0 Å². The summed E-state index contributed by atoms with van der Waals surface area (Å²) in [7, 11) is 0. The van der Waals surface area contributed by atoms with Gasteiger partial charge in [0.25, 0.3) is 0 Å². The van der Waals surface area contributed by atoms with Crippen LogP contribution in [0.2, 0.25) is 0 Å². The summed E-state index contributed by atoms with van der Waals surface area (Å²) in [4.78, 5) is 0. The molecule has 1 aromatic carbocycles. The predicted molar refractivity (Wildman–Crippen MR) is 56.4 cm³/mol. The van der Waals surface area contributed by atoms with Crippen molar-refractivity contribution < 1.29 is 58.2 Å². The molecule has 1 heterocycles. The molecule has 0 unspecified atom stereocenters. The fourth-order valence-corrected chi connectivity index (χ4v) is 1.74. The number of allylic oxidation sites excluding steroid dienone is 1. The molecule has 0 radical (unpaired) electrons.